The van der Waals surface area contributed by atoms with Gasteiger partial charge in [0.15, 0.2) is 0 Å². The number of amides is 2. The summed E-state index contributed by atoms with van der Waals surface area (Å²) < 4.78 is 26.8. The molecule has 0 spiro atoms. The maximum atomic E-state index is 13.8. The Hall–Kier alpha value is -1.73. The van der Waals surface area contributed by atoms with Gasteiger partial charge in [0.25, 0.3) is 5.91 Å². The van der Waals surface area contributed by atoms with Gasteiger partial charge in [-0.25, -0.2) is 8.78 Å². The standard InChI is InChI=1S/C19H25F2N3O2.ClH/c20-14-4-5-15(16(21)10-14)19(26)24-8-6-12(7-9-24)18(25)23-17-3-1-2-13(17)11-22;/h4-5,10,12-13,17H,1-3,6-9,11,22H2,(H,23,25);1H. The molecule has 1 aliphatic heterocycles. The van der Waals surface area contributed by atoms with Gasteiger partial charge >= 0.3 is 0 Å². The number of hydrogen-bond donors (Lipinski definition) is 2. The molecule has 3 N–H and O–H groups in total. The van der Waals surface area contributed by atoms with Gasteiger partial charge in [-0.15, -0.1) is 12.4 Å². The largest absolute Gasteiger partial charge is 0.353 e. The summed E-state index contributed by atoms with van der Waals surface area (Å²) in [5, 5.41) is 3.12. The number of nitrogens with one attached hydrogen (secondary N) is 1. The predicted octanol–water partition coefficient (Wildman–Crippen LogP) is 2.48. The number of benzene rings is 1. The molecule has 1 saturated carbocycles. The third kappa shape index (κ3) is 4.96. The first-order valence-corrected chi connectivity index (χ1v) is 9.24. The molecule has 2 atom stereocenters. The van der Waals surface area contributed by atoms with E-state index < -0.39 is 17.5 Å². The molecular weight excluding hydrogens is 376 g/mol. The van der Waals surface area contributed by atoms with Crippen molar-refractivity contribution < 1.29 is 18.4 Å². The van der Waals surface area contributed by atoms with E-state index in [1.54, 1.807) is 0 Å². The van der Waals surface area contributed by atoms with E-state index in [2.05, 4.69) is 5.32 Å². The van der Waals surface area contributed by atoms with Crippen molar-refractivity contribution in [2.45, 2.75) is 38.1 Å². The minimum absolute atomic E-state index is 0. The van der Waals surface area contributed by atoms with E-state index >= 15 is 0 Å². The number of carbonyl (C=O) groups is 2. The lowest BCUT2D eigenvalue weighted by Gasteiger charge is -2.32. The third-order valence-electron chi connectivity index (χ3n) is 5.60. The van der Waals surface area contributed by atoms with Crippen LogP contribution in [0, 0.1) is 23.5 Å². The molecule has 2 unspecified atom stereocenters. The normalized spacial score (nSPS) is 23.0. The van der Waals surface area contributed by atoms with Crippen molar-refractivity contribution in [3.8, 4) is 0 Å². The Morgan fingerprint density at radius 3 is 2.48 bits per heavy atom. The van der Waals surface area contributed by atoms with Crippen molar-refractivity contribution in [3.63, 3.8) is 0 Å². The highest BCUT2D eigenvalue weighted by Gasteiger charge is 2.32. The van der Waals surface area contributed by atoms with E-state index in [0.717, 1.165) is 25.3 Å². The van der Waals surface area contributed by atoms with E-state index in [0.29, 0.717) is 44.5 Å². The first-order chi connectivity index (χ1) is 12.5. The summed E-state index contributed by atoms with van der Waals surface area (Å²) in [6.07, 6.45) is 4.19. The maximum Gasteiger partial charge on any atom is 0.256 e. The van der Waals surface area contributed by atoms with Crippen LogP contribution >= 0.6 is 12.4 Å². The quantitative estimate of drug-likeness (QED) is 0.813. The number of nitrogens with zero attached hydrogens (tertiary/aromatic N) is 1. The Morgan fingerprint density at radius 1 is 1.15 bits per heavy atom. The van der Waals surface area contributed by atoms with Crippen molar-refractivity contribution in [1.29, 1.82) is 0 Å². The number of carbonyl (C=O) groups excluding carboxylic acids is 2. The fourth-order valence-electron chi connectivity index (χ4n) is 3.99. The van der Waals surface area contributed by atoms with Crippen molar-refractivity contribution in [1.82, 2.24) is 10.2 Å². The van der Waals surface area contributed by atoms with Gasteiger partial charge in [-0.3, -0.25) is 9.59 Å². The summed E-state index contributed by atoms with van der Waals surface area (Å²) in [5.41, 5.74) is 5.62. The topological polar surface area (TPSA) is 75.4 Å². The highest BCUT2D eigenvalue weighted by Crippen LogP contribution is 2.26. The van der Waals surface area contributed by atoms with Crippen LogP contribution in [-0.4, -0.2) is 42.4 Å². The molecule has 1 saturated heterocycles. The molecule has 1 aromatic rings. The lowest BCUT2D eigenvalue weighted by atomic mass is 9.94. The van der Waals surface area contributed by atoms with Gasteiger partial charge in [-0.1, -0.05) is 6.42 Å². The smallest absolute Gasteiger partial charge is 0.256 e. The Morgan fingerprint density at radius 2 is 1.85 bits per heavy atom. The molecule has 1 aliphatic carbocycles. The van der Waals surface area contributed by atoms with Crippen LogP contribution in [0.4, 0.5) is 8.78 Å². The van der Waals surface area contributed by atoms with Gasteiger partial charge in [0.05, 0.1) is 5.56 Å². The minimum Gasteiger partial charge on any atom is -0.353 e. The Kier molecular flexibility index (Phi) is 7.56. The molecule has 2 amide bonds. The molecule has 3 rings (SSSR count). The number of likely N-dealkylation sites (tertiary alicyclic amines) is 1. The number of rotatable bonds is 4. The number of nitrogens with two attached hydrogens (primary N) is 1. The molecule has 5 nitrogen and oxygen atoms in total. The zero-order valence-electron chi connectivity index (χ0n) is 15.1. The first kappa shape index (κ1) is 21.6. The highest BCUT2D eigenvalue weighted by atomic mass is 35.5. The second-order valence-electron chi connectivity index (χ2n) is 7.23. The Balaban J connectivity index is 0.00000261. The summed E-state index contributed by atoms with van der Waals surface area (Å²) in [7, 11) is 0. The fraction of sp³-hybridized carbons (Fsp3) is 0.579. The molecule has 0 bridgehead atoms. The van der Waals surface area contributed by atoms with Crippen LogP contribution in [0.25, 0.3) is 0 Å². The van der Waals surface area contributed by atoms with Crippen LogP contribution in [0.2, 0.25) is 0 Å². The van der Waals surface area contributed by atoms with Gasteiger partial charge in [-0.2, -0.15) is 0 Å². The van der Waals surface area contributed by atoms with Crippen molar-refractivity contribution in [2.24, 2.45) is 17.6 Å². The SMILES string of the molecule is Cl.NCC1CCCC1NC(=O)C1CCN(C(=O)c2ccc(F)cc2F)CC1. The molecule has 2 fully saturated rings. The van der Waals surface area contributed by atoms with E-state index in [-0.39, 0.29) is 35.8 Å². The molecule has 0 aromatic heterocycles. The van der Waals surface area contributed by atoms with Crippen LogP contribution in [0.5, 0.6) is 0 Å². The summed E-state index contributed by atoms with van der Waals surface area (Å²) in [6.45, 7) is 1.36. The molecular formula is C19H26ClF2N3O2. The molecule has 1 heterocycles. The Labute approximate surface area is 164 Å². The molecule has 0 radical (unpaired) electrons. The molecule has 8 heteroatoms. The van der Waals surface area contributed by atoms with Crippen LogP contribution in [0.3, 0.4) is 0 Å². The van der Waals surface area contributed by atoms with Crippen LogP contribution in [0.1, 0.15) is 42.5 Å². The zero-order valence-corrected chi connectivity index (χ0v) is 15.9. The first-order valence-electron chi connectivity index (χ1n) is 9.24. The summed E-state index contributed by atoms with van der Waals surface area (Å²) in [4.78, 5) is 26.4. The third-order valence-corrected chi connectivity index (χ3v) is 5.60. The van der Waals surface area contributed by atoms with Gasteiger partial charge in [0.2, 0.25) is 5.91 Å². The molecule has 150 valence electrons. The van der Waals surface area contributed by atoms with Crippen molar-refractivity contribution in [3.05, 3.63) is 35.4 Å². The van der Waals surface area contributed by atoms with E-state index in [4.69, 9.17) is 5.73 Å². The minimum atomic E-state index is -0.857. The molecule has 1 aromatic carbocycles. The van der Waals surface area contributed by atoms with Gasteiger partial charge in [-0.05, 0) is 50.3 Å². The number of halogens is 3. The maximum absolute atomic E-state index is 13.8. The predicted molar refractivity (Wildman–Crippen MR) is 101 cm³/mol. The summed E-state index contributed by atoms with van der Waals surface area (Å²) >= 11 is 0. The van der Waals surface area contributed by atoms with Crippen LogP contribution in [-0.2, 0) is 4.79 Å². The van der Waals surface area contributed by atoms with Gasteiger partial charge < -0.3 is 16.0 Å². The molecule has 2 aliphatic rings. The van der Waals surface area contributed by atoms with Crippen molar-refractivity contribution in [2.75, 3.05) is 19.6 Å². The second-order valence-corrected chi connectivity index (χ2v) is 7.23. The van der Waals surface area contributed by atoms with Crippen LogP contribution < -0.4 is 11.1 Å². The average Bonchev–Trinajstić information content (AvgIpc) is 3.08. The van der Waals surface area contributed by atoms with Crippen molar-refractivity contribution >= 4 is 24.2 Å². The average molecular weight is 402 g/mol. The highest BCUT2D eigenvalue weighted by molar-refractivity contribution is 5.94. The van der Waals surface area contributed by atoms with Gasteiger partial charge in [0, 0.05) is 31.1 Å². The second kappa shape index (κ2) is 9.46. The lowest BCUT2D eigenvalue weighted by Crippen LogP contribution is -2.47. The fourth-order valence-corrected chi connectivity index (χ4v) is 3.99. The number of piperidine rings is 1. The zero-order chi connectivity index (χ0) is 18.7. The number of hydrogen-bond acceptors (Lipinski definition) is 3. The van der Waals surface area contributed by atoms with E-state index in [1.807, 2.05) is 0 Å². The monoisotopic (exact) mass is 401 g/mol. The Bertz CT molecular complexity index is 681. The summed E-state index contributed by atoms with van der Waals surface area (Å²) in [5.74, 6) is -1.80. The van der Waals surface area contributed by atoms with Gasteiger partial charge in [0.1, 0.15) is 11.6 Å². The molecule has 27 heavy (non-hydrogen) atoms. The van der Waals surface area contributed by atoms with E-state index in [1.165, 1.54) is 11.0 Å². The lowest BCUT2D eigenvalue weighted by molar-refractivity contribution is -0.127. The van der Waals surface area contributed by atoms with E-state index in [9.17, 15) is 18.4 Å². The summed E-state index contributed by atoms with van der Waals surface area (Å²) in [6, 6.07) is 3.11. The van der Waals surface area contributed by atoms with Crippen LogP contribution in [0.15, 0.2) is 18.2 Å².